The lowest BCUT2D eigenvalue weighted by molar-refractivity contribution is 0.0169. The molecule has 0 spiro atoms. The van der Waals surface area contributed by atoms with E-state index in [-0.39, 0.29) is 35.7 Å². The summed E-state index contributed by atoms with van der Waals surface area (Å²) in [6.07, 6.45) is 0. The summed E-state index contributed by atoms with van der Waals surface area (Å²) in [5, 5.41) is 15.0. The summed E-state index contributed by atoms with van der Waals surface area (Å²) in [6, 6.07) is 5.76. The maximum absolute atomic E-state index is 14.9. The molecular formula is C16H14F2N4O3S. The molecule has 3 N–H and O–H groups in total. The van der Waals surface area contributed by atoms with Crippen molar-refractivity contribution in [3.63, 3.8) is 0 Å². The Hall–Kier alpha value is -2.69. The van der Waals surface area contributed by atoms with Crippen molar-refractivity contribution in [1.82, 2.24) is 15.1 Å². The van der Waals surface area contributed by atoms with Gasteiger partial charge in [0, 0.05) is 0 Å². The van der Waals surface area contributed by atoms with Gasteiger partial charge in [-0.1, -0.05) is 10.6 Å². The molecule has 0 aliphatic rings. The van der Waals surface area contributed by atoms with Crippen LogP contribution < -0.4 is 10.8 Å². The van der Waals surface area contributed by atoms with Gasteiger partial charge in [0.15, 0.2) is 5.82 Å². The van der Waals surface area contributed by atoms with Gasteiger partial charge in [0.05, 0.1) is 34.9 Å². The number of amides is 1. The van der Waals surface area contributed by atoms with Gasteiger partial charge in [-0.3, -0.25) is 9.63 Å². The van der Waals surface area contributed by atoms with E-state index >= 15 is 0 Å². The van der Waals surface area contributed by atoms with E-state index in [2.05, 4.69) is 20.4 Å². The van der Waals surface area contributed by atoms with Gasteiger partial charge in [-0.05, 0) is 42.2 Å². The second-order valence-corrected chi connectivity index (χ2v) is 6.13. The molecule has 1 heterocycles. The van der Waals surface area contributed by atoms with Gasteiger partial charge in [-0.25, -0.2) is 14.3 Å². The smallest absolute Gasteiger partial charge is 0.277 e. The number of hydroxylamine groups is 1. The van der Waals surface area contributed by atoms with Crippen molar-refractivity contribution in [3.05, 3.63) is 47.0 Å². The SMILES string of the molecule is Cc1ccc(Nc2c(C(=O)NOCCO)cc3snnc3c2F)c(F)c1. The number of aromatic nitrogens is 2. The second kappa shape index (κ2) is 7.68. The zero-order valence-electron chi connectivity index (χ0n) is 13.5. The van der Waals surface area contributed by atoms with Crippen LogP contribution in [-0.2, 0) is 4.84 Å². The number of aliphatic hydroxyl groups excluding tert-OH is 1. The Bertz CT molecular complexity index is 964. The van der Waals surface area contributed by atoms with Gasteiger partial charge in [0.25, 0.3) is 5.91 Å². The van der Waals surface area contributed by atoms with Crippen LogP contribution in [0.5, 0.6) is 0 Å². The van der Waals surface area contributed by atoms with Crippen molar-refractivity contribution in [2.45, 2.75) is 6.92 Å². The minimum absolute atomic E-state index is 0.00219. The lowest BCUT2D eigenvalue weighted by atomic mass is 10.1. The van der Waals surface area contributed by atoms with Crippen LogP contribution in [0.4, 0.5) is 20.2 Å². The zero-order valence-corrected chi connectivity index (χ0v) is 14.4. The van der Waals surface area contributed by atoms with E-state index < -0.39 is 17.5 Å². The fourth-order valence-corrected chi connectivity index (χ4v) is 2.86. The Kier molecular flexibility index (Phi) is 5.35. The van der Waals surface area contributed by atoms with E-state index in [1.165, 1.54) is 18.2 Å². The highest BCUT2D eigenvalue weighted by molar-refractivity contribution is 7.13. The number of anilines is 2. The number of carbonyl (C=O) groups is 1. The molecule has 2 aromatic carbocycles. The van der Waals surface area contributed by atoms with Crippen LogP contribution >= 0.6 is 11.5 Å². The van der Waals surface area contributed by atoms with Crippen LogP contribution in [0.25, 0.3) is 10.2 Å². The third kappa shape index (κ3) is 3.62. The van der Waals surface area contributed by atoms with E-state index in [0.717, 1.165) is 11.5 Å². The molecule has 0 fully saturated rings. The summed E-state index contributed by atoms with van der Waals surface area (Å²) in [5.74, 6) is -2.19. The summed E-state index contributed by atoms with van der Waals surface area (Å²) in [4.78, 5) is 17.1. The van der Waals surface area contributed by atoms with E-state index in [1.54, 1.807) is 13.0 Å². The highest BCUT2D eigenvalue weighted by atomic mass is 32.1. The fraction of sp³-hybridized carbons (Fsp3) is 0.188. The number of benzene rings is 2. The summed E-state index contributed by atoms with van der Waals surface area (Å²) in [6.45, 7) is 1.29. The lowest BCUT2D eigenvalue weighted by Gasteiger charge is -2.14. The number of fused-ring (bicyclic) bond motifs is 1. The van der Waals surface area contributed by atoms with Crippen LogP contribution in [0, 0.1) is 18.6 Å². The molecule has 0 radical (unpaired) electrons. The molecule has 0 saturated heterocycles. The maximum Gasteiger partial charge on any atom is 0.277 e. The number of nitrogens with one attached hydrogen (secondary N) is 2. The van der Waals surface area contributed by atoms with Crippen molar-refractivity contribution in [1.29, 1.82) is 0 Å². The quantitative estimate of drug-likeness (QED) is 0.449. The second-order valence-electron chi connectivity index (χ2n) is 5.34. The number of hydrogen-bond acceptors (Lipinski definition) is 7. The van der Waals surface area contributed by atoms with Crippen LogP contribution in [0.3, 0.4) is 0 Å². The highest BCUT2D eigenvalue weighted by Gasteiger charge is 2.22. The van der Waals surface area contributed by atoms with Gasteiger partial charge in [0.2, 0.25) is 0 Å². The Balaban J connectivity index is 2.04. The molecule has 0 atom stereocenters. The number of aliphatic hydroxyl groups is 1. The molecule has 1 amide bonds. The average Bonchev–Trinajstić information content (AvgIpc) is 3.08. The molecule has 0 unspecified atom stereocenters. The normalized spacial score (nSPS) is 10.9. The van der Waals surface area contributed by atoms with Crippen molar-refractivity contribution in [2.24, 2.45) is 0 Å². The highest BCUT2D eigenvalue weighted by Crippen LogP contribution is 2.32. The minimum Gasteiger partial charge on any atom is -0.394 e. The molecule has 3 rings (SSSR count). The van der Waals surface area contributed by atoms with Crippen molar-refractivity contribution in [2.75, 3.05) is 18.5 Å². The van der Waals surface area contributed by atoms with Gasteiger partial charge in [0.1, 0.15) is 11.3 Å². The monoisotopic (exact) mass is 380 g/mol. The van der Waals surface area contributed by atoms with Gasteiger partial charge in [-0.15, -0.1) is 5.10 Å². The summed E-state index contributed by atoms with van der Waals surface area (Å²) >= 11 is 0.918. The minimum atomic E-state index is -0.830. The molecule has 26 heavy (non-hydrogen) atoms. The van der Waals surface area contributed by atoms with Crippen LogP contribution in [0.1, 0.15) is 15.9 Å². The standard InChI is InChI=1S/C16H14F2N4O3S/c1-8-2-3-11(10(17)6-8)19-14-9(16(24)21-25-5-4-23)7-12-15(13(14)18)20-22-26-12/h2-3,6-7,19,23H,4-5H2,1H3,(H,21,24). The molecular weight excluding hydrogens is 366 g/mol. The summed E-state index contributed by atoms with van der Waals surface area (Å²) in [7, 11) is 0. The summed E-state index contributed by atoms with van der Waals surface area (Å²) in [5.41, 5.74) is 2.40. The third-order valence-electron chi connectivity index (χ3n) is 3.47. The molecule has 10 heteroatoms. The molecule has 0 bridgehead atoms. The van der Waals surface area contributed by atoms with Crippen molar-refractivity contribution in [3.8, 4) is 0 Å². The maximum atomic E-state index is 14.9. The van der Waals surface area contributed by atoms with Crippen LogP contribution in [0.2, 0.25) is 0 Å². The van der Waals surface area contributed by atoms with Crippen LogP contribution in [-0.4, -0.2) is 33.8 Å². The molecule has 0 aliphatic carbocycles. The Labute approximate surface area is 150 Å². The first-order valence-electron chi connectivity index (χ1n) is 7.52. The number of aryl methyl sites for hydroxylation is 1. The number of nitrogens with zero attached hydrogens (tertiary/aromatic N) is 2. The topological polar surface area (TPSA) is 96.4 Å². The fourth-order valence-electron chi connectivity index (χ4n) is 2.26. The van der Waals surface area contributed by atoms with Gasteiger partial charge >= 0.3 is 0 Å². The molecule has 136 valence electrons. The number of halogens is 2. The number of carbonyl (C=O) groups excluding carboxylic acids is 1. The third-order valence-corrected chi connectivity index (χ3v) is 4.14. The molecule has 0 saturated carbocycles. The number of hydrogen-bond donors (Lipinski definition) is 3. The molecule has 1 aromatic heterocycles. The Morgan fingerprint density at radius 3 is 2.88 bits per heavy atom. The van der Waals surface area contributed by atoms with E-state index in [1.807, 2.05) is 0 Å². The van der Waals surface area contributed by atoms with Crippen LogP contribution in [0.15, 0.2) is 24.3 Å². The Morgan fingerprint density at radius 2 is 2.15 bits per heavy atom. The van der Waals surface area contributed by atoms with E-state index in [4.69, 9.17) is 9.94 Å². The lowest BCUT2D eigenvalue weighted by Crippen LogP contribution is -2.26. The van der Waals surface area contributed by atoms with E-state index in [9.17, 15) is 13.6 Å². The predicted octanol–water partition coefficient (Wildman–Crippen LogP) is 2.68. The largest absolute Gasteiger partial charge is 0.394 e. The van der Waals surface area contributed by atoms with Crippen molar-refractivity contribution >= 4 is 39.0 Å². The first kappa shape index (κ1) is 18.1. The van der Waals surface area contributed by atoms with Gasteiger partial charge < -0.3 is 10.4 Å². The zero-order chi connectivity index (χ0) is 18.7. The van der Waals surface area contributed by atoms with Gasteiger partial charge in [-0.2, -0.15) is 0 Å². The summed E-state index contributed by atoms with van der Waals surface area (Å²) < 4.78 is 33.0. The molecule has 0 aliphatic heterocycles. The molecule has 3 aromatic rings. The average molecular weight is 380 g/mol. The Morgan fingerprint density at radius 1 is 1.35 bits per heavy atom. The number of rotatable bonds is 6. The first-order valence-corrected chi connectivity index (χ1v) is 8.29. The van der Waals surface area contributed by atoms with E-state index in [0.29, 0.717) is 10.3 Å². The molecule has 7 nitrogen and oxygen atoms in total. The predicted molar refractivity (Wildman–Crippen MR) is 92.3 cm³/mol. The first-order chi connectivity index (χ1) is 12.5. The van der Waals surface area contributed by atoms with Crippen molar-refractivity contribution < 1.29 is 23.5 Å².